The van der Waals surface area contributed by atoms with Crippen molar-refractivity contribution in [2.45, 2.75) is 0 Å². The Morgan fingerprint density at radius 1 is 1.05 bits per heavy atom. The average Bonchev–Trinajstić information content (AvgIpc) is 2.45. The van der Waals surface area contributed by atoms with Crippen LogP contribution in [-0.2, 0) is 4.74 Å². The van der Waals surface area contributed by atoms with Gasteiger partial charge in [-0.2, -0.15) is 0 Å². The molecule has 6 heteroatoms. The first-order chi connectivity index (χ1) is 9.53. The van der Waals surface area contributed by atoms with Gasteiger partial charge in [-0.05, 0) is 17.5 Å². The van der Waals surface area contributed by atoms with Crippen LogP contribution in [0, 0.1) is 0 Å². The van der Waals surface area contributed by atoms with E-state index < -0.39 is 11.7 Å². The van der Waals surface area contributed by atoms with Gasteiger partial charge in [0.2, 0.25) is 0 Å². The molecule has 0 spiro atoms. The van der Waals surface area contributed by atoms with Crippen LogP contribution in [0.3, 0.4) is 0 Å². The molecule has 0 atom stereocenters. The van der Waals surface area contributed by atoms with Crippen molar-refractivity contribution >= 4 is 16.7 Å². The Labute approximate surface area is 115 Å². The highest BCUT2D eigenvalue weighted by Gasteiger charge is 2.22. The molecule has 0 aliphatic carbocycles. The zero-order chi connectivity index (χ0) is 14.9. The fraction of sp³-hybridized carbons (Fsp3) is 0.214. The Balaban J connectivity index is 2.87. The first kappa shape index (κ1) is 13.8. The van der Waals surface area contributed by atoms with E-state index >= 15 is 0 Å². The number of rotatable bonds is 3. The topological polar surface area (TPSA) is 85.2 Å². The van der Waals surface area contributed by atoms with Crippen molar-refractivity contribution in [3.8, 4) is 23.0 Å². The lowest BCUT2D eigenvalue weighted by Gasteiger charge is -2.13. The number of phenols is 2. The largest absolute Gasteiger partial charge is 0.507 e. The molecule has 2 N–H and O–H groups in total. The van der Waals surface area contributed by atoms with Crippen LogP contribution >= 0.6 is 0 Å². The SMILES string of the molecule is COC(=O)c1c(O)cc2cc(OC)cc(OC)c2c1O. The molecule has 0 heterocycles. The second-order valence-corrected chi connectivity index (χ2v) is 4.04. The van der Waals surface area contributed by atoms with Crippen LogP contribution in [0.1, 0.15) is 10.4 Å². The maximum atomic E-state index is 11.6. The highest BCUT2D eigenvalue weighted by atomic mass is 16.5. The van der Waals surface area contributed by atoms with E-state index in [0.29, 0.717) is 22.3 Å². The van der Waals surface area contributed by atoms with Crippen molar-refractivity contribution in [2.75, 3.05) is 21.3 Å². The molecule has 0 aliphatic rings. The van der Waals surface area contributed by atoms with Crippen LogP contribution in [0.15, 0.2) is 18.2 Å². The first-order valence-corrected chi connectivity index (χ1v) is 5.72. The number of phenolic OH excluding ortho intramolecular Hbond substituents is 2. The van der Waals surface area contributed by atoms with Gasteiger partial charge in [0.15, 0.2) is 0 Å². The molecule has 0 unspecified atom stereocenters. The minimum Gasteiger partial charge on any atom is -0.507 e. The summed E-state index contributed by atoms with van der Waals surface area (Å²) in [4.78, 5) is 11.6. The van der Waals surface area contributed by atoms with Gasteiger partial charge in [0.1, 0.15) is 28.6 Å². The fourth-order valence-electron chi connectivity index (χ4n) is 2.03. The summed E-state index contributed by atoms with van der Waals surface area (Å²) >= 11 is 0. The van der Waals surface area contributed by atoms with E-state index in [9.17, 15) is 15.0 Å². The zero-order valence-electron chi connectivity index (χ0n) is 11.3. The van der Waals surface area contributed by atoms with Crippen LogP contribution in [0.4, 0.5) is 0 Å². The van der Waals surface area contributed by atoms with Crippen molar-refractivity contribution in [1.82, 2.24) is 0 Å². The number of carbonyl (C=O) groups excluding carboxylic acids is 1. The molecule has 0 fully saturated rings. The second kappa shape index (κ2) is 5.16. The molecule has 2 aromatic carbocycles. The summed E-state index contributed by atoms with van der Waals surface area (Å²) in [6.45, 7) is 0. The maximum Gasteiger partial charge on any atom is 0.345 e. The standard InChI is InChI=1S/C14H14O6/c1-18-8-4-7-5-9(15)12(14(17)20-3)13(16)11(7)10(6-8)19-2/h4-6,15-16H,1-3H3. The summed E-state index contributed by atoms with van der Waals surface area (Å²) in [5.41, 5.74) is -0.302. The van der Waals surface area contributed by atoms with E-state index in [1.165, 1.54) is 20.3 Å². The van der Waals surface area contributed by atoms with Crippen molar-refractivity contribution < 1.29 is 29.2 Å². The van der Waals surface area contributed by atoms with Gasteiger partial charge in [-0.1, -0.05) is 0 Å². The second-order valence-electron chi connectivity index (χ2n) is 4.04. The minimum atomic E-state index is -0.834. The van der Waals surface area contributed by atoms with E-state index in [1.54, 1.807) is 12.1 Å². The van der Waals surface area contributed by atoms with Crippen LogP contribution in [0.25, 0.3) is 10.8 Å². The van der Waals surface area contributed by atoms with Crippen LogP contribution in [0.2, 0.25) is 0 Å². The Morgan fingerprint density at radius 2 is 1.75 bits per heavy atom. The van der Waals surface area contributed by atoms with E-state index in [2.05, 4.69) is 4.74 Å². The molecular weight excluding hydrogens is 264 g/mol. The smallest absolute Gasteiger partial charge is 0.345 e. The lowest BCUT2D eigenvalue weighted by molar-refractivity contribution is 0.0594. The van der Waals surface area contributed by atoms with Crippen molar-refractivity contribution in [1.29, 1.82) is 0 Å². The third-order valence-electron chi connectivity index (χ3n) is 2.97. The monoisotopic (exact) mass is 278 g/mol. The molecular formula is C14H14O6. The average molecular weight is 278 g/mol. The lowest BCUT2D eigenvalue weighted by atomic mass is 10.0. The Kier molecular flexibility index (Phi) is 3.56. The number of ether oxygens (including phenoxy) is 3. The highest BCUT2D eigenvalue weighted by molar-refractivity contribution is 6.06. The number of fused-ring (bicyclic) bond motifs is 1. The normalized spacial score (nSPS) is 10.3. The van der Waals surface area contributed by atoms with Gasteiger partial charge in [-0.3, -0.25) is 0 Å². The maximum absolute atomic E-state index is 11.6. The van der Waals surface area contributed by atoms with E-state index in [0.717, 1.165) is 7.11 Å². The third kappa shape index (κ3) is 2.05. The molecule has 0 saturated carbocycles. The van der Waals surface area contributed by atoms with Crippen molar-refractivity contribution in [2.24, 2.45) is 0 Å². The predicted octanol–water partition coefficient (Wildman–Crippen LogP) is 2.05. The number of benzene rings is 2. The van der Waals surface area contributed by atoms with E-state index in [-0.39, 0.29) is 11.3 Å². The van der Waals surface area contributed by atoms with Gasteiger partial charge < -0.3 is 24.4 Å². The quantitative estimate of drug-likeness (QED) is 0.836. The minimum absolute atomic E-state index is 0.298. The Morgan fingerprint density at radius 3 is 2.30 bits per heavy atom. The molecule has 0 saturated heterocycles. The Hall–Kier alpha value is -2.63. The Bertz CT molecular complexity index is 677. The molecule has 20 heavy (non-hydrogen) atoms. The van der Waals surface area contributed by atoms with Gasteiger partial charge in [0, 0.05) is 6.07 Å². The summed E-state index contributed by atoms with van der Waals surface area (Å²) in [7, 11) is 4.08. The van der Waals surface area contributed by atoms with Gasteiger partial charge in [0.25, 0.3) is 0 Å². The number of methoxy groups -OCH3 is 3. The van der Waals surface area contributed by atoms with Gasteiger partial charge in [-0.25, -0.2) is 4.79 Å². The molecule has 2 aromatic rings. The number of hydrogen-bond donors (Lipinski definition) is 2. The molecule has 0 bridgehead atoms. The van der Waals surface area contributed by atoms with Crippen LogP contribution < -0.4 is 9.47 Å². The molecule has 6 nitrogen and oxygen atoms in total. The molecule has 0 aromatic heterocycles. The fourth-order valence-corrected chi connectivity index (χ4v) is 2.03. The zero-order valence-corrected chi connectivity index (χ0v) is 11.3. The van der Waals surface area contributed by atoms with Crippen molar-refractivity contribution in [3.63, 3.8) is 0 Å². The third-order valence-corrected chi connectivity index (χ3v) is 2.97. The van der Waals surface area contributed by atoms with Gasteiger partial charge in [-0.15, -0.1) is 0 Å². The lowest BCUT2D eigenvalue weighted by Crippen LogP contribution is -2.03. The molecule has 0 amide bonds. The van der Waals surface area contributed by atoms with Gasteiger partial charge in [0.05, 0.1) is 26.7 Å². The van der Waals surface area contributed by atoms with E-state index in [4.69, 9.17) is 9.47 Å². The molecule has 0 aliphatic heterocycles. The number of hydrogen-bond acceptors (Lipinski definition) is 6. The van der Waals surface area contributed by atoms with Gasteiger partial charge >= 0.3 is 5.97 Å². The van der Waals surface area contributed by atoms with Crippen LogP contribution in [-0.4, -0.2) is 37.5 Å². The summed E-state index contributed by atoms with van der Waals surface area (Å²) in [6, 6.07) is 4.52. The summed E-state index contributed by atoms with van der Waals surface area (Å²) < 4.78 is 14.8. The molecule has 0 radical (unpaired) electrons. The summed E-state index contributed by atoms with van der Waals surface area (Å²) in [5, 5.41) is 20.9. The van der Waals surface area contributed by atoms with E-state index in [1.807, 2.05) is 0 Å². The van der Waals surface area contributed by atoms with Crippen LogP contribution in [0.5, 0.6) is 23.0 Å². The highest BCUT2D eigenvalue weighted by Crippen LogP contribution is 2.42. The molecule has 2 rings (SSSR count). The predicted molar refractivity (Wildman–Crippen MR) is 71.7 cm³/mol. The van der Waals surface area contributed by atoms with Crippen molar-refractivity contribution in [3.05, 3.63) is 23.8 Å². The summed E-state index contributed by atoms with van der Waals surface area (Å²) in [6.07, 6.45) is 0. The first-order valence-electron chi connectivity index (χ1n) is 5.72. The number of aromatic hydroxyl groups is 2. The summed E-state index contributed by atoms with van der Waals surface area (Å²) in [5.74, 6) is -0.788. The molecule has 106 valence electrons. The number of carbonyl (C=O) groups is 1. The number of esters is 1.